The van der Waals surface area contributed by atoms with Crippen LogP contribution in [-0.2, 0) is 33.2 Å². The van der Waals surface area contributed by atoms with Gasteiger partial charge in [-0.15, -0.1) is 0 Å². The zero-order valence-corrected chi connectivity index (χ0v) is 19.2. The van der Waals surface area contributed by atoms with Crippen molar-refractivity contribution in [2.45, 2.75) is 132 Å². The fourth-order valence-electron chi connectivity index (χ4n) is 6.20. The molecule has 2 spiro atoms. The van der Waals surface area contributed by atoms with Crippen molar-refractivity contribution in [2.24, 2.45) is 0 Å². The van der Waals surface area contributed by atoms with Crippen LogP contribution in [0.25, 0.3) is 0 Å². The molecule has 0 bridgehead atoms. The molecule has 2 saturated carbocycles. The second-order valence-electron chi connectivity index (χ2n) is 10.0. The Bertz CT molecular complexity index is 656. The van der Waals surface area contributed by atoms with E-state index in [0.29, 0.717) is 19.6 Å². The Labute approximate surface area is 190 Å². The first-order chi connectivity index (χ1) is 15.5. The minimum Gasteiger partial charge on any atom is -0.466 e. The van der Waals surface area contributed by atoms with Gasteiger partial charge < -0.3 is 33.5 Å². The summed E-state index contributed by atoms with van der Waals surface area (Å²) in [7, 11) is 0. The van der Waals surface area contributed by atoms with Crippen LogP contribution in [0.5, 0.6) is 0 Å². The summed E-state index contributed by atoms with van der Waals surface area (Å²) in [5, 5.41) is 11.1. The molecule has 0 aromatic carbocycles. The lowest BCUT2D eigenvalue weighted by Gasteiger charge is -2.42. The van der Waals surface area contributed by atoms with Crippen molar-refractivity contribution in [3.63, 3.8) is 0 Å². The molecule has 5 aliphatic rings. The first-order valence-electron chi connectivity index (χ1n) is 12.7. The Morgan fingerprint density at radius 2 is 1.56 bits per heavy atom. The van der Waals surface area contributed by atoms with Gasteiger partial charge in [-0.3, -0.25) is 4.79 Å². The summed E-state index contributed by atoms with van der Waals surface area (Å²) < 4.78 is 37.2. The quantitative estimate of drug-likeness (QED) is 0.634. The molecular formula is C24H38O8. The van der Waals surface area contributed by atoms with E-state index in [1.54, 1.807) is 6.92 Å². The number of carbonyl (C=O) groups is 1. The van der Waals surface area contributed by atoms with E-state index in [1.807, 2.05) is 0 Å². The maximum absolute atomic E-state index is 11.9. The number of ether oxygens (including phenoxy) is 6. The van der Waals surface area contributed by atoms with E-state index in [1.165, 1.54) is 12.8 Å². The maximum atomic E-state index is 11.9. The molecule has 8 nitrogen and oxygen atoms in total. The highest BCUT2D eigenvalue weighted by Crippen LogP contribution is 2.48. The smallest absolute Gasteiger partial charge is 0.305 e. The first-order valence-corrected chi connectivity index (χ1v) is 12.7. The largest absolute Gasteiger partial charge is 0.466 e. The number of aliphatic hydroxyl groups is 1. The molecule has 1 N–H and O–H groups in total. The highest BCUT2D eigenvalue weighted by molar-refractivity contribution is 5.69. The molecule has 5 rings (SSSR count). The van der Waals surface area contributed by atoms with Crippen molar-refractivity contribution < 1.29 is 38.3 Å². The van der Waals surface area contributed by atoms with Crippen molar-refractivity contribution in [1.82, 2.24) is 0 Å². The highest BCUT2D eigenvalue weighted by atomic mass is 16.8. The predicted octanol–water partition coefficient (Wildman–Crippen LogP) is 2.98. The van der Waals surface area contributed by atoms with E-state index >= 15 is 0 Å². The lowest BCUT2D eigenvalue weighted by Crippen LogP contribution is -2.60. The molecule has 3 heterocycles. The summed E-state index contributed by atoms with van der Waals surface area (Å²) in [4.78, 5) is 11.9. The Hall–Kier alpha value is -0.770. The molecule has 6 atom stereocenters. The summed E-state index contributed by atoms with van der Waals surface area (Å²) in [5.74, 6) is -1.44. The van der Waals surface area contributed by atoms with Crippen LogP contribution < -0.4 is 0 Å². The molecule has 182 valence electrons. The average molecular weight is 455 g/mol. The van der Waals surface area contributed by atoms with Crippen LogP contribution in [-0.4, -0.2) is 72.5 Å². The summed E-state index contributed by atoms with van der Waals surface area (Å²) >= 11 is 0. The number of aliphatic hydroxyl groups excluding tert-OH is 1. The van der Waals surface area contributed by atoms with Crippen molar-refractivity contribution in [3.8, 4) is 0 Å². The van der Waals surface area contributed by atoms with E-state index in [4.69, 9.17) is 28.4 Å². The predicted molar refractivity (Wildman–Crippen MR) is 113 cm³/mol. The van der Waals surface area contributed by atoms with Crippen molar-refractivity contribution in [3.05, 3.63) is 0 Å². The van der Waals surface area contributed by atoms with Gasteiger partial charge >= 0.3 is 5.97 Å². The Morgan fingerprint density at radius 1 is 0.906 bits per heavy atom. The van der Waals surface area contributed by atoms with Gasteiger partial charge in [0, 0.05) is 32.1 Å². The summed E-state index contributed by atoms with van der Waals surface area (Å²) in [5.41, 5.74) is 0. The normalized spacial score (nSPS) is 40.4. The van der Waals surface area contributed by atoms with Crippen molar-refractivity contribution in [1.29, 1.82) is 0 Å². The van der Waals surface area contributed by atoms with Gasteiger partial charge in [-0.1, -0.05) is 12.8 Å². The zero-order chi connectivity index (χ0) is 22.2. The van der Waals surface area contributed by atoms with Gasteiger partial charge in [0.2, 0.25) is 0 Å². The molecule has 8 heteroatoms. The second kappa shape index (κ2) is 9.47. The number of esters is 1. The van der Waals surface area contributed by atoms with E-state index in [2.05, 4.69) is 0 Å². The van der Waals surface area contributed by atoms with Gasteiger partial charge in [0.15, 0.2) is 11.6 Å². The molecule has 0 radical (unpaired) electrons. The average Bonchev–Trinajstić information content (AvgIpc) is 3.37. The topological polar surface area (TPSA) is 92.7 Å². The molecule has 0 aromatic heterocycles. The van der Waals surface area contributed by atoms with Crippen molar-refractivity contribution >= 4 is 5.97 Å². The van der Waals surface area contributed by atoms with E-state index < -0.39 is 42.1 Å². The lowest BCUT2D eigenvalue weighted by molar-refractivity contribution is -0.241. The van der Waals surface area contributed by atoms with Crippen LogP contribution >= 0.6 is 0 Å². The van der Waals surface area contributed by atoms with Gasteiger partial charge in [-0.05, 0) is 39.0 Å². The molecule has 3 aliphatic heterocycles. The fourth-order valence-corrected chi connectivity index (χ4v) is 6.20. The lowest BCUT2D eigenvalue weighted by atomic mass is 9.90. The van der Waals surface area contributed by atoms with Gasteiger partial charge in [0.1, 0.15) is 30.5 Å². The molecular weight excluding hydrogens is 416 g/mol. The SMILES string of the molecule is CCOC(=O)CC[C@@H]1O[C@@H]([C@H]2COC3(CCCCC3)O2)[C@H]2OC3(CCCCC3)O[C@H]2[C@H]1O. The van der Waals surface area contributed by atoms with Gasteiger partial charge in [-0.2, -0.15) is 0 Å². The number of fused-ring (bicyclic) bond motifs is 1. The highest BCUT2D eigenvalue weighted by Gasteiger charge is 2.60. The standard InChI is InChI=1S/C24H38O8/c1-2-27-18(25)10-9-16-19(26)21-22(32-24(31-21)13-7-4-8-14-24)20(29-16)17-15-28-23(30-17)11-5-3-6-12-23/h16-17,19-22,26H,2-15H2,1H3/t16-,17+,19-,20-,21-,22+/m0/s1. The van der Waals surface area contributed by atoms with Crippen LogP contribution in [0.2, 0.25) is 0 Å². The minimum absolute atomic E-state index is 0.192. The molecule has 0 aromatic rings. The van der Waals surface area contributed by atoms with Crippen LogP contribution in [0, 0.1) is 0 Å². The monoisotopic (exact) mass is 454 g/mol. The molecule has 2 aliphatic carbocycles. The molecule has 5 fully saturated rings. The molecule has 0 amide bonds. The zero-order valence-electron chi connectivity index (χ0n) is 19.2. The van der Waals surface area contributed by atoms with Gasteiger partial charge in [-0.25, -0.2) is 0 Å². The Balaban J connectivity index is 1.33. The maximum Gasteiger partial charge on any atom is 0.305 e. The minimum atomic E-state index is -0.863. The first kappa shape index (κ1) is 23.0. The number of carbonyl (C=O) groups excluding carboxylic acids is 1. The van der Waals surface area contributed by atoms with Crippen LogP contribution in [0.15, 0.2) is 0 Å². The van der Waals surface area contributed by atoms with E-state index in [9.17, 15) is 9.90 Å². The van der Waals surface area contributed by atoms with Crippen LogP contribution in [0.1, 0.15) is 84.0 Å². The van der Waals surface area contributed by atoms with Crippen LogP contribution in [0.3, 0.4) is 0 Å². The summed E-state index contributed by atoms with van der Waals surface area (Å²) in [6.45, 7) is 2.58. The van der Waals surface area contributed by atoms with Gasteiger partial charge in [0.25, 0.3) is 0 Å². The third-order valence-electron chi connectivity index (χ3n) is 7.81. The van der Waals surface area contributed by atoms with E-state index in [0.717, 1.165) is 51.4 Å². The van der Waals surface area contributed by atoms with Crippen molar-refractivity contribution in [2.75, 3.05) is 13.2 Å². The van der Waals surface area contributed by atoms with E-state index in [-0.39, 0.29) is 18.5 Å². The summed E-state index contributed by atoms with van der Waals surface area (Å²) in [6, 6.07) is 0. The third-order valence-corrected chi connectivity index (χ3v) is 7.81. The fraction of sp³-hybridized carbons (Fsp3) is 0.958. The Kier molecular flexibility index (Phi) is 6.80. The number of hydrogen-bond acceptors (Lipinski definition) is 8. The number of hydrogen-bond donors (Lipinski definition) is 1. The third kappa shape index (κ3) is 4.46. The Morgan fingerprint density at radius 3 is 2.25 bits per heavy atom. The molecule has 0 unspecified atom stereocenters. The number of rotatable bonds is 5. The van der Waals surface area contributed by atoms with Crippen LogP contribution in [0.4, 0.5) is 0 Å². The second-order valence-corrected chi connectivity index (χ2v) is 10.0. The molecule has 3 saturated heterocycles. The summed E-state index contributed by atoms with van der Waals surface area (Å²) in [6.07, 6.45) is 7.75. The van der Waals surface area contributed by atoms with Gasteiger partial charge in [0.05, 0.1) is 19.3 Å². The molecule has 32 heavy (non-hydrogen) atoms.